The molecule has 3 aromatic carbocycles. The topological polar surface area (TPSA) is 86.0 Å². The first kappa shape index (κ1) is 21.8. The van der Waals surface area contributed by atoms with Gasteiger partial charge in [-0.25, -0.2) is 0 Å². The molecule has 7 heteroatoms. The molecule has 0 aromatic heterocycles. The van der Waals surface area contributed by atoms with E-state index in [1.54, 1.807) is 18.3 Å². The summed E-state index contributed by atoms with van der Waals surface area (Å²) in [6.07, 6.45) is 3.42. The van der Waals surface area contributed by atoms with E-state index in [9.17, 15) is 10.1 Å². The Morgan fingerprint density at radius 1 is 0.968 bits per heavy atom. The average Bonchev–Trinajstić information content (AvgIpc) is 2.80. The van der Waals surface area contributed by atoms with Crippen molar-refractivity contribution in [2.24, 2.45) is 5.10 Å². The summed E-state index contributed by atoms with van der Waals surface area (Å²) in [5, 5.41) is 14.9. The average molecular weight is 419 g/mol. The summed E-state index contributed by atoms with van der Waals surface area (Å²) >= 11 is 0. The van der Waals surface area contributed by atoms with Crippen LogP contribution < -0.4 is 14.9 Å². The van der Waals surface area contributed by atoms with Gasteiger partial charge in [0.25, 0.3) is 5.69 Å². The molecule has 0 heterocycles. The van der Waals surface area contributed by atoms with Gasteiger partial charge in [-0.3, -0.25) is 15.5 Å². The fraction of sp³-hybridized carbons (Fsp3) is 0.208. The molecule has 0 radical (unpaired) electrons. The highest BCUT2D eigenvalue weighted by atomic mass is 16.6. The Balaban J connectivity index is 1.45. The van der Waals surface area contributed by atoms with Gasteiger partial charge >= 0.3 is 0 Å². The van der Waals surface area contributed by atoms with E-state index in [2.05, 4.69) is 29.6 Å². The van der Waals surface area contributed by atoms with Gasteiger partial charge in [0.05, 0.1) is 30.0 Å². The predicted molar refractivity (Wildman–Crippen MR) is 122 cm³/mol. The van der Waals surface area contributed by atoms with Crippen LogP contribution in [-0.2, 0) is 6.42 Å². The molecule has 0 bridgehead atoms. The third kappa shape index (κ3) is 6.85. The summed E-state index contributed by atoms with van der Waals surface area (Å²) in [5.41, 5.74) is 5.67. The number of ether oxygens (including phenoxy) is 2. The molecule has 0 aliphatic carbocycles. The Morgan fingerprint density at radius 2 is 1.68 bits per heavy atom. The first-order valence-corrected chi connectivity index (χ1v) is 10.1. The van der Waals surface area contributed by atoms with Crippen LogP contribution in [0.1, 0.15) is 24.5 Å². The van der Waals surface area contributed by atoms with E-state index in [-0.39, 0.29) is 5.69 Å². The smallest absolute Gasteiger partial charge is 0.269 e. The number of hydrogen-bond acceptors (Lipinski definition) is 6. The Bertz CT molecular complexity index is 1000. The molecule has 0 aliphatic heterocycles. The molecule has 0 saturated heterocycles. The number of nitro groups is 1. The molecule has 31 heavy (non-hydrogen) atoms. The molecule has 3 aromatic rings. The molecule has 3 rings (SSSR count). The minimum atomic E-state index is -0.437. The van der Waals surface area contributed by atoms with Crippen LogP contribution in [0.3, 0.4) is 0 Å². The Labute approximate surface area is 181 Å². The van der Waals surface area contributed by atoms with Crippen molar-refractivity contribution >= 4 is 17.6 Å². The van der Waals surface area contributed by atoms with Crippen molar-refractivity contribution in [1.29, 1.82) is 0 Å². The third-order valence-corrected chi connectivity index (χ3v) is 4.54. The van der Waals surface area contributed by atoms with E-state index in [4.69, 9.17) is 9.47 Å². The Morgan fingerprint density at radius 3 is 2.39 bits per heavy atom. The number of hydrazone groups is 1. The van der Waals surface area contributed by atoms with Gasteiger partial charge < -0.3 is 9.47 Å². The maximum atomic E-state index is 10.7. The van der Waals surface area contributed by atoms with Crippen LogP contribution in [0.15, 0.2) is 77.9 Å². The SMILES string of the molecule is CCc1ccc(OCCCOc2ccccc2/C=N\Nc2ccc([N+](=O)[O-])cc2)cc1. The zero-order chi connectivity index (χ0) is 21.9. The molecule has 7 nitrogen and oxygen atoms in total. The van der Waals surface area contributed by atoms with Crippen molar-refractivity contribution in [3.8, 4) is 11.5 Å². The lowest BCUT2D eigenvalue weighted by Gasteiger charge is -2.10. The summed E-state index contributed by atoms with van der Waals surface area (Å²) in [6, 6.07) is 21.8. The lowest BCUT2D eigenvalue weighted by molar-refractivity contribution is -0.384. The van der Waals surface area contributed by atoms with E-state index in [1.807, 2.05) is 36.4 Å². The first-order valence-electron chi connectivity index (χ1n) is 10.1. The van der Waals surface area contributed by atoms with Gasteiger partial charge in [0, 0.05) is 24.1 Å². The lowest BCUT2D eigenvalue weighted by Crippen LogP contribution is -2.06. The van der Waals surface area contributed by atoms with E-state index in [0.29, 0.717) is 18.9 Å². The normalized spacial score (nSPS) is 10.7. The maximum Gasteiger partial charge on any atom is 0.269 e. The number of para-hydroxylation sites is 1. The number of nitrogens with one attached hydrogen (secondary N) is 1. The molecule has 0 aliphatic rings. The zero-order valence-corrected chi connectivity index (χ0v) is 17.4. The minimum absolute atomic E-state index is 0.0372. The highest BCUT2D eigenvalue weighted by Crippen LogP contribution is 2.18. The van der Waals surface area contributed by atoms with Crippen LogP contribution in [0.5, 0.6) is 11.5 Å². The molecule has 0 atom stereocenters. The van der Waals surface area contributed by atoms with E-state index >= 15 is 0 Å². The van der Waals surface area contributed by atoms with Crippen molar-refractivity contribution in [1.82, 2.24) is 0 Å². The van der Waals surface area contributed by atoms with Gasteiger partial charge in [-0.1, -0.05) is 31.2 Å². The third-order valence-electron chi connectivity index (χ3n) is 4.54. The molecular weight excluding hydrogens is 394 g/mol. The Kier molecular flexibility index (Phi) is 7.99. The molecule has 160 valence electrons. The largest absolute Gasteiger partial charge is 0.493 e. The summed E-state index contributed by atoms with van der Waals surface area (Å²) < 4.78 is 11.6. The van der Waals surface area contributed by atoms with Gasteiger partial charge in [-0.15, -0.1) is 0 Å². The lowest BCUT2D eigenvalue weighted by atomic mass is 10.2. The van der Waals surface area contributed by atoms with Gasteiger partial charge in [0.15, 0.2) is 0 Å². The molecule has 0 saturated carbocycles. The van der Waals surface area contributed by atoms with Crippen LogP contribution >= 0.6 is 0 Å². The van der Waals surface area contributed by atoms with Crippen LogP contribution in [-0.4, -0.2) is 24.4 Å². The minimum Gasteiger partial charge on any atom is -0.493 e. The number of rotatable bonds is 11. The second kappa shape index (κ2) is 11.3. The molecule has 0 spiro atoms. The van der Waals surface area contributed by atoms with Crippen molar-refractivity contribution < 1.29 is 14.4 Å². The van der Waals surface area contributed by atoms with Crippen LogP contribution in [0.2, 0.25) is 0 Å². The van der Waals surface area contributed by atoms with Crippen molar-refractivity contribution in [3.63, 3.8) is 0 Å². The molecule has 0 amide bonds. The number of anilines is 1. The maximum absolute atomic E-state index is 10.7. The number of nitro benzene ring substituents is 1. The van der Waals surface area contributed by atoms with Gasteiger partial charge in [-0.2, -0.15) is 5.10 Å². The zero-order valence-electron chi connectivity index (χ0n) is 17.4. The number of benzene rings is 3. The van der Waals surface area contributed by atoms with Crippen LogP contribution in [0.25, 0.3) is 0 Å². The second-order valence-electron chi connectivity index (χ2n) is 6.76. The monoisotopic (exact) mass is 419 g/mol. The molecular formula is C24H25N3O4. The fourth-order valence-corrected chi connectivity index (χ4v) is 2.81. The van der Waals surface area contributed by atoms with Crippen LogP contribution in [0, 0.1) is 10.1 Å². The van der Waals surface area contributed by atoms with Gasteiger partial charge in [-0.05, 0) is 48.4 Å². The quantitative estimate of drug-likeness (QED) is 0.193. The van der Waals surface area contributed by atoms with E-state index in [1.165, 1.54) is 17.7 Å². The predicted octanol–water partition coefficient (Wildman–Crippen LogP) is 5.45. The Hall–Kier alpha value is -3.87. The van der Waals surface area contributed by atoms with E-state index in [0.717, 1.165) is 29.9 Å². The molecule has 1 N–H and O–H groups in total. The number of nitrogens with zero attached hydrogens (tertiary/aromatic N) is 2. The first-order chi connectivity index (χ1) is 15.2. The van der Waals surface area contributed by atoms with Gasteiger partial charge in [0.1, 0.15) is 11.5 Å². The highest BCUT2D eigenvalue weighted by Gasteiger charge is 2.04. The number of hydrogen-bond donors (Lipinski definition) is 1. The number of non-ortho nitro benzene ring substituents is 1. The van der Waals surface area contributed by atoms with Crippen molar-refractivity contribution in [2.75, 3.05) is 18.6 Å². The molecule has 0 unspecified atom stereocenters. The van der Waals surface area contributed by atoms with Crippen molar-refractivity contribution in [3.05, 3.63) is 94.0 Å². The summed E-state index contributed by atoms with van der Waals surface area (Å²) in [7, 11) is 0. The summed E-state index contributed by atoms with van der Waals surface area (Å²) in [5.74, 6) is 1.59. The number of aryl methyl sites for hydroxylation is 1. The van der Waals surface area contributed by atoms with Crippen molar-refractivity contribution in [2.45, 2.75) is 19.8 Å². The summed E-state index contributed by atoms with van der Waals surface area (Å²) in [6.45, 7) is 3.22. The standard InChI is InChI=1S/C24H25N3O4/c1-2-19-8-14-23(15-9-19)30-16-5-17-31-24-7-4-3-6-20(24)18-25-26-21-10-12-22(13-11-21)27(28)29/h3-4,6-15,18,26H,2,5,16-17H2,1H3/b25-18-. The molecule has 0 fully saturated rings. The van der Waals surface area contributed by atoms with Crippen LogP contribution in [0.4, 0.5) is 11.4 Å². The highest BCUT2D eigenvalue weighted by molar-refractivity contribution is 5.84. The summed E-state index contributed by atoms with van der Waals surface area (Å²) in [4.78, 5) is 10.3. The van der Waals surface area contributed by atoms with E-state index < -0.39 is 4.92 Å². The second-order valence-corrected chi connectivity index (χ2v) is 6.76. The fourth-order valence-electron chi connectivity index (χ4n) is 2.81. The van der Waals surface area contributed by atoms with Gasteiger partial charge in [0.2, 0.25) is 0 Å².